The zero-order valence-electron chi connectivity index (χ0n) is 12.6. The highest BCUT2D eigenvalue weighted by atomic mass is 28.3. The molecule has 0 bridgehead atoms. The fourth-order valence-electron chi connectivity index (χ4n) is 2.64. The summed E-state index contributed by atoms with van der Waals surface area (Å²) in [6.07, 6.45) is 3.22. The quantitative estimate of drug-likeness (QED) is 0.762. The normalized spacial score (nSPS) is 11.6. The minimum absolute atomic E-state index is 1.09. The maximum Gasteiger partial charge on any atom is 0.0799 e. The molecule has 0 amide bonds. The molecule has 1 heterocycles. The molecule has 1 aromatic carbocycles. The number of hydrogen-bond donors (Lipinski definition) is 0. The first kappa shape index (κ1) is 14.0. The van der Waals surface area contributed by atoms with Crippen LogP contribution in [0.3, 0.4) is 0 Å². The largest absolute Gasteiger partial charge is 0.256 e. The van der Waals surface area contributed by atoms with Gasteiger partial charge in [-0.2, -0.15) is 0 Å². The van der Waals surface area contributed by atoms with E-state index in [1.54, 1.807) is 0 Å². The third-order valence-electron chi connectivity index (χ3n) is 3.66. The van der Waals surface area contributed by atoms with E-state index in [4.69, 9.17) is 4.98 Å². The number of aromatic nitrogens is 1. The minimum atomic E-state index is -1.32. The fourth-order valence-corrected chi connectivity index (χ4v) is 4.36. The molecular formula is C17H23NSi. The van der Waals surface area contributed by atoms with Crippen LogP contribution < -0.4 is 5.19 Å². The van der Waals surface area contributed by atoms with Gasteiger partial charge in [0.1, 0.15) is 0 Å². The van der Waals surface area contributed by atoms with Crippen molar-refractivity contribution < 1.29 is 0 Å². The second-order valence-corrected chi connectivity index (χ2v) is 11.1. The van der Waals surface area contributed by atoms with Crippen LogP contribution in [0.5, 0.6) is 0 Å². The van der Waals surface area contributed by atoms with Gasteiger partial charge in [0, 0.05) is 11.8 Å². The van der Waals surface area contributed by atoms with E-state index in [0.29, 0.717) is 0 Å². The molecule has 0 fully saturated rings. The maximum atomic E-state index is 4.76. The van der Waals surface area contributed by atoms with E-state index in [2.05, 4.69) is 70.0 Å². The summed E-state index contributed by atoms with van der Waals surface area (Å²) < 4.78 is 0. The maximum absolute atomic E-state index is 4.76. The lowest BCUT2D eigenvalue weighted by atomic mass is 10.0. The van der Waals surface area contributed by atoms with Gasteiger partial charge in [-0.05, 0) is 29.7 Å². The van der Waals surface area contributed by atoms with Crippen LogP contribution in [0.4, 0.5) is 0 Å². The van der Waals surface area contributed by atoms with Gasteiger partial charge in [0.2, 0.25) is 0 Å². The van der Waals surface area contributed by atoms with Crippen LogP contribution in [0.2, 0.25) is 19.6 Å². The van der Waals surface area contributed by atoms with E-state index in [9.17, 15) is 0 Å². The summed E-state index contributed by atoms with van der Waals surface area (Å²) in [5.41, 5.74) is 5.22. The van der Waals surface area contributed by atoms with E-state index < -0.39 is 8.07 Å². The molecule has 2 rings (SSSR count). The second kappa shape index (κ2) is 5.30. The molecule has 0 N–H and O–H groups in total. The number of nitrogens with zero attached hydrogens (tertiary/aromatic N) is 1. The van der Waals surface area contributed by atoms with Gasteiger partial charge in [0.15, 0.2) is 0 Å². The first-order chi connectivity index (χ1) is 8.95. The zero-order valence-corrected chi connectivity index (χ0v) is 13.6. The molecule has 0 aliphatic heterocycles. The Bertz CT molecular complexity index is 568. The molecule has 1 aromatic heterocycles. The van der Waals surface area contributed by atoms with Crippen LogP contribution in [0.1, 0.15) is 18.1 Å². The first-order valence-corrected chi connectivity index (χ1v) is 10.5. The highest BCUT2D eigenvalue weighted by Gasteiger charge is 2.22. The Morgan fingerprint density at radius 1 is 1.05 bits per heavy atom. The molecule has 0 aliphatic carbocycles. The molecule has 0 atom stereocenters. The summed E-state index contributed by atoms with van der Waals surface area (Å²) >= 11 is 0. The van der Waals surface area contributed by atoms with E-state index >= 15 is 0 Å². The Hall–Kier alpha value is -1.41. The van der Waals surface area contributed by atoms with Crippen molar-refractivity contribution in [3.05, 3.63) is 47.7 Å². The predicted octanol–water partition coefficient (Wildman–Crippen LogP) is 4.16. The SMILES string of the molecule is CCc1c([Si](C)(C)C)cnc(-c2ccccc2)c1C. The summed E-state index contributed by atoms with van der Waals surface area (Å²) in [5, 5.41) is 1.51. The minimum Gasteiger partial charge on any atom is -0.256 e. The first-order valence-electron chi connectivity index (χ1n) is 6.99. The molecule has 0 saturated heterocycles. The summed E-state index contributed by atoms with van der Waals surface area (Å²) in [6, 6.07) is 10.5. The van der Waals surface area contributed by atoms with Gasteiger partial charge in [-0.15, -0.1) is 0 Å². The Labute approximate surface area is 117 Å². The molecule has 19 heavy (non-hydrogen) atoms. The number of hydrogen-bond acceptors (Lipinski definition) is 1. The molecule has 0 unspecified atom stereocenters. The van der Waals surface area contributed by atoms with Crippen LogP contribution in [-0.2, 0) is 6.42 Å². The molecular weight excluding hydrogens is 246 g/mol. The van der Waals surface area contributed by atoms with Gasteiger partial charge in [-0.25, -0.2) is 0 Å². The summed E-state index contributed by atoms with van der Waals surface area (Å²) in [6.45, 7) is 11.7. The number of pyridine rings is 1. The summed E-state index contributed by atoms with van der Waals surface area (Å²) in [5.74, 6) is 0. The highest BCUT2D eigenvalue weighted by molar-refractivity contribution is 6.89. The van der Waals surface area contributed by atoms with Crippen molar-refractivity contribution in [2.75, 3.05) is 0 Å². The molecule has 2 aromatic rings. The molecule has 1 nitrogen and oxygen atoms in total. The average molecular weight is 269 g/mol. The third kappa shape index (κ3) is 2.79. The fraction of sp³-hybridized carbons (Fsp3) is 0.353. The Morgan fingerprint density at radius 3 is 2.21 bits per heavy atom. The van der Waals surface area contributed by atoms with Crippen LogP contribution in [-0.4, -0.2) is 13.1 Å². The lowest BCUT2D eigenvalue weighted by Gasteiger charge is -2.23. The monoisotopic (exact) mass is 269 g/mol. The average Bonchev–Trinajstić information content (AvgIpc) is 2.38. The van der Waals surface area contributed by atoms with Crippen molar-refractivity contribution in [3.8, 4) is 11.3 Å². The lowest BCUT2D eigenvalue weighted by Crippen LogP contribution is -2.41. The van der Waals surface area contributed by atoms with Crippen molar-refractivity contribution in [2.45, 2.75) is 39.9 Å². The van der Waals surface area contributed by atoms with Gasteiger partial charge in [-0.1, -0.05) is 56.9 Å². The molecule has 100 valence electrons. The topological polar surface area (TPSA) is 12.9 Å². The molecule has 0 spiro atoms. The number of benzene rings is 1. The van der Waals surface area contributed by atoms with Gasteiger partial charge in [0.05, 0.1) is 13.8 Å². The van der Waals surface area contributed by atoms with E-state index in [0.717, 1.165) is 12.1 Å². The lowest BCUT2D eigenvalue weighted by molar-refractivity contribution is 1.10. The van der Waals surface area contributed by atoms with Gasteiger partial charge >= 0.3 is 0 Å². The van der Waals surface area contributed by atoms with Gasteiger partial charge < -0.3 is 0 Å². The Balaban J connectivity index is 2.62. The van der Waals surface area contributed by atoms with Crippen molar-refractivity contribution >= 4 is 13.3 Å². The molecule has 0 saturated carbocycles. The van der Waals surface area contributed by atoms with Crippen LogP contribution in [0, 0.1) is 6.92 Å². The second-order valence-electron chi connectivity index (χ2n) is 6.09. The zero-order chi connectivity index (χ0) is 14.0. The Morgan fingerprint density at radius 2 is 1.68 bits per heavy atom. The van der Waals surface area contributed by atoms with Crippen molar-refractivity contribution in [1.82, 2.24) is 4.98 Å². The van der Waals surface area contributed by atoms with E-state index in [-0.39, 0.29) is 0 Å². The standard InChI is InChI=1S/C17H23NSi/c1-6-15-13(2)17(14-10-8-7-9-11-14)18-12-16(15)19(3,4)5/h7-12H,6H2,1-5H3. The van der Waals surface area contributed by atoms with Crippen LogP contribution >= 0.6 is 0 Å². The van der Waals surface area contributed by atoms with Gasteiger partial charge in [-0.3, -0.25) is 4.98 Å². The molecule has 0 aliphatic rings. The highest BCUT2D eigenvalue weighted by Crippen LogP contribution is 2.23. The van der Waals surface area contributed by atoms with E-state index in [1.165, 1.54) is 21.9 Å². The molecule has 0 radical (unpaired) electrons. The van der Waals surface area contributed by atoms with Crippen molar-refractivity contribution in [1.29, 1.82) is 0 Å². The van der Waals surface area contributed by atoms with Gasteiger partial charge in [0.25, 0.3) is 0 Å². The Kier molecular flexibility index (Phi) is 3.90. The van der Waals surface area contributed by atoms with Crippen LogP contribution in [0.15, 0.2) is 36.5 Å². The van der Waals surface area contributed by atoms with Crippen molar-refractivity contribution in [2.24, 2.45) is 0 Å². The smallest absolute Gasteiger partial charge is 0.0799 e. The van der Waals surface area contributed by atoms with Crippen LogP contribution in [0.25, 0.3) is 11.3 Å². The molecule has 2 heteroatoms. The number of rotatable bonds is 3. The third-order valence-corrected chi connectivity index (χ3v) is 5.71. The summed E-state index contributed by atoms with van der Waals surface area (Å²) in [7, 11) is -1.32. The predicted molar refractivity (Wildman–Crippen MR) is 86.8 cm³/mol. The summed E-state index contributed by atoms with van der Waals surface area (Å²) in [4.78, 5) is 4.76. The van der Waals surface area contributed by atoms with E-state index in [1.807, 2.05) is 0 Å². The van der Waals surface area contributed by atoms with Crippen molar-refractivity contribution in [3.63, 3.8) is 0 Å².